The summed E-state index contributed by atoms with van der Waals surface area (Å²) in [7, 11) is 1.87. The second-order valence-corrected chi connectivity index (χ2v) is 6.03. The number of aryl methyl sites for hydroxylation is 2. The van der Waals surface area contributed by atoms with Crippen molar-refractivity contribution in [1.29, 1.82) is 0 Å². The van der Waals surface area contributed by atoms with E-state index < -0.39 is 4.92 Å². The van der Waals surface area contributed by atoms with Crippen LogP contribution >= 0.6 is 0 Å². The molecule has 2 N–H and O–H groups in total. The van der Waals surface area contributed by atoms with Gasteiger partial charge in [0.2, 0.25) is 0 Å². The average Bonchev–Trinajstić information content (AvgIpc) is 2.88. The fraction of sp³-hybridized carbons (Fsp3) is 0.353. The second kappa shape index (κ2) is 7.27. The highest BCUT2D eigenvalue weighted by Crippen LogP contribution is 2.29. The van der Waals surface area contributed by atoms with Crippen LogP contribution < -0.4 is 10.2 Å². The van der Waals surface area contributed by atoms with Gasteiger partial charge in [0.05, 0.1) is 12.0 Å². The lowest BCUT2D eigenvalue weighted by molar-refractivity contribution is -0.886. The highest BCUT2D eigenvalue weighted by molar-refractivity contribution is 5.95. The Kier molecular flexibility index (Phi) is 5.35. The van der Waals surface area contributed by atoms with Gasteiger partial charge in [-0.25, -0.2) is 0 Å². The molecule has 7 nitrogen and oxygen atoms in total. The van der Waals surface area contributed by atoms with Crippen LogP contribution in [0.2, 0.25) is 0 Å². The van der Waals surface area contributed by atoms with Crippen molar-refractivity contribution < 1.29 is 19.0 Å². The molecule has 2 aromatic rings. The second-order valence-electron chi connectivity index (χ2n) is 6.03. The Morgan fingerprint density at radius 3 is 2.54 bits per heavy atom. The van der Waals surface area contributed by atoms with Gasteiger partial charge in [-0.1, -0.05) is 6.07 Å². The minimum atomic E-state index is -0.482. The van der Waals surface area contributed by atoms with Crippen molar-refractivity contribution >= 4 is 17.3 Å². The molecule has 1 unspecified atom stereocenters. The summed E-state index contributed by atoms with van der Waals surface area (Å²) in [6.45, 7) is 6.23. The molecule has 0 saturated carbocycles. The predicted molar refractivity (Wildman–Crippen MR) is 90.1 cm³/mol. The number of nitrogens with zero attached hydrogens (tertiary/aromatic N) is 1. The lowest BCUT2D eigenvalue weighted by Gasteiger charge is -2.14. The Morgan fingerprint density at radius 2 is 1.96 bits per heavy atom. The maximum atomic E-state index is 12.3. The highest BCUT2D eigenvalue weighted by atomic mass is 16.6. The number of nitrogens with one attached hydrogen (secondary N) is 2. The van der Waals surface area contributed by atoms with E-state index in [0.717, 1.165) is 22.0 Å². The smallest absolute Gasteiger partial charge is 0.293 e. The summed E-state index contributed by atoms with van der Waals surface area (Å²) >= 11 is 0. The van der Waals surface area contributed by atoms with E-state index in [1.807, 2.05) is 33.0 Å². The van der Waals surface area contributed by atoms with Crippen LogP contribution in [0, 0.1) is 30.9 Å². The molecule has 1 heterocycles. The van der Waals surface area contributed by atoms with Crippen LogP contribution in [0.1, 0.15) is 22.6 Å². The van der Waals surface area contributed by atoms with Gasteiger partial charge in [-0.3, -0.25) is 14.9 Å². The molecule has 1 aromatic carbocycles. The minimum Gasteiger partial charge on any atom is -0.460 e. The van der Waals surface area contributed by atoms with Gasteiger partial charge in [0.25, 0.3) is 11.6 Å². The fourth-order valence-corrected chi connectivity index (χ4v) is 2.51. The van der Waals surface area contributed by atoms with E-state index in [1.54, 1.807) is 13.0 Å². The van der Waals surface area contributed by atoms with Crippen LogP contribution in [0.4, 0.5) is 11.4 Å². The third-order valence-corrected chi connectivity index (χ3v) is 3.91. The molecule has 1 amide bonds. The van der Waals surface area contributed by atoms with E-state index in [2.05, 4.69) is 5.32 Å². The third-order valence-electron chi connectivity index (χ3n) is 3.91. The Hall–Kier alpha value is -2.67. The monoisotopic (exact) mass is 332 g/mol. The summed E-state index contributed by atoms with van der Waals surface area (Å²) in [5.41, 5.74) is 1.77. The molecule has 0 radical (unpaired) electrons. The topological polar surface area (TPSA) is 89.8 Å². The molecule has 1 aromatic heterocycles. The Bertz CT molecular complexity index is 767. The number of furan rings is 1. The van der Waals surface area contributed by atoms with Gasteiger partial charge in [-0.15, -0.1) is 0 Å². The molecule has 0 aliphatic carbocycles. The number of nitro groups is 1. The normalized spacial score (nSPS) is 12.0. The van der Waals surface area contributed by atoms with Crippen LogP contribution in [0.3, 0.4) is 0 Å². The Morgan fingerprint density at radius 1 is 1.25 bits per heavy atom. The van der Waals surface area contributed by atoms with Crippen molar-refractivity contribution in [3.8, 4) is 0 Å². The van der Waals surface area contributed by atoms with Gasteiger partial charge in [-0.05, 0) is 44.0 Å². The molecule has 1 atom stereocenters. The molecule has 24 heavy (non-hydrogen) atoms. The maximum Gasteiger partial charge on any atom is 0.293 e. The van der Waals surface area contributed by atoms with E-state index in [-0.39, 0.29) is 23.8 Å². The number of carbonyl (C=O) groups is 1. The molecule has 7 heteroatoms. The zero-order valence-corrected chi connectivity index (χ0v) is 14.3. The number of nitro benzene ring substituents is 1. The summed E-state index contributed by atoms with van der Waals surface area (Å²) in [6, 6.07) is 6.86. The Labute approximate surface area is 140 Å². The van der Waals surface area contributed by atoms with Crippen LogP contribution in [0.25, 0.3) is 0 Å². The number of anilines is 1. The number of carbonyl (C=O) groups excluding carboxylic acids is 1. The van der Waals surface area contributed by atoms with Gasteiger partial charge >= 0.3 is 0 Å². The SMILES string of the molecule is Cc1ccc(C[NH+](C)CC(=O)Nc2c([N+](=O)[O-])ccc(C)c2C)o1. The number of benzene rings is 1. The van der Waals surface area contributed by atoms with Crippen molar-refractivity contribution in [2.75, 3.05) is 18.9 Å². The van der Waals surface area contributed by atoms with Gasteiger partial charge in [0, 0.05) is 6.07 Å². The highest BCUT2D eigenvalue weighted by Gasteiger charge is 2.21. The van der Waals surface area contributed by atoms with Gasteiger partial charge in [0.1, 0.15) is 18.0 Å². The summed E-state index contributed by atoms with van der Waals surface area (Å²) < 4.78 is 5.50. The minimum absolute atomic E-state index is 0.0919. The predicted octanol–water partition coefficient (Wildman–Crippen LogP) is 1.77. The number of hydrogen-bond acceptors (Lipinski definition) is 4. The summed E-state index contributed by atoms with van der Waals surface area (Å²) in [4.78, 5) is 23.9. The van der Waals surface area contributed by atoms with E-state index in [4.69, 9.17) is 4.42 Å². The lowest BCUT2D eigenvalue weighted by Crippen LogP contribution is -3.08. The molecule has 128 valence electrons. The number of amides is 1. The van der Waals surface area contributed by atoms with E-state index in [0.29, 0.717) is 12.1 Å². The zero-order chi connectivity index (χ0) is 17.9. The maximum absolute atomic E-state index is 12.3. The van der Waals surface area contributed by atoms with Gasteiger partial charge in [0.15, 0.2) is 12.3 Å². The fourth-order valence-electron chi connectivity index (χ4n) is 2.51. The summed E-state index contributed by atoms with van der Waals surface area (Å²) in [5, 5.41) is 13.9. The van der Waals surface area contributed by atoms with Gasteiger partial charge < -0.3 is 14.6 Å². The van der Waals surface area contributed by atoms with Crippen molar-refractivity contribution in [1.82, 2.24) is 0 Å². The van der Waals surface area contributed by atoms with Crippen molar-refractivity contribution in [2.45, 2.75) is 27.3 Å². The van der Waals surface area contributed by atoms with Crippen LogP contribution in [-0.2, 0) is 11.3 Å². The number of rotatable bonds is 6. The first-order valence-corrected chi connectivity index (χ1v) is 7.69. The molecule has 2 rings (SSSR count). The first kappa shape index (κ1) is 17.7. The molecular weight excluding hydrogens is 310 g/mol. The molecule has 0 aliphatic rings. The average molecular weight is 332 g/mol. The standard InChI is InChI=1S/C17H21N3O4/c1-11-5-8-15(20(22)23)17(13(11)3)18-16(21)10-19(4)9-14-7-6-12(2)24-14/h5-8H,9-10H2,1-4H3,(H,18,21)/p+1. The van der Waals surface area contributed by atoms with Crippen LogP contribution in [0.5, 0.6) is 0 Å². The van der Waals surface area contributed by atoms with Crippen LogP contribution in [-0.4, -0.2) is 24.4 Å². The molecule has 0 aliphatic heterocycles. The van der Waals surface area contributed by atoms with Crippen LogP contribution in [0.15, 0.2) is 28.7 Å². The summed E-state index contributed by atoms with van der Waals surface area (Å²) in [6.07, 6.45) is 0. The number of hydrogen-bond donors (Lipinski definition) is 2. The Balaban J connectivity index is 2.06. The quantitative estimate of drug-likeness (QED) is 0.623. The van der Waals surface area contributed by atoms with Crippen molar-refractivity contribution in [3.05, 3.63) is 57.0 Å². The van der Waals surface area contributed by atoms with E-state index in [1.165, 1.54) is 6.07 Å². The lowest BCUT2D eigenvalue weighted by atomic mass is 10.1. The molecule has 0 saturated heterocycles. The first-order chi connectivity index (χ1) is 11.3. The molecule has 0 spiro atoms. The zero-order valence-electron chi connectivity index (χ0n) is 14.3. The third kappa shape index (κ3) is 4.20. The number of quaternary nitrogens is 1. The largest absolute Gasteiger partial charge is 0.460 e. The van der Waals surface area contributed by atoms with E-state index in [9.17, 15) is 14.9 Å². The molecule has 0 bridgehead atoms. The number of likely N-dealkylation sites (N-methyl/N-ethyl adjacent to an activating group) is 1. The van der Waals surface area contributed by atoms with Crippen molar-refractivity contribution in [3.63, 3.8) is 0 Å². The van der Waals surface area contributed by atoms with Crippen molar-refractivity contribution in [2.24, 2.45) is 0 Å². The molecular formula is C17H22N3O4+. The first-order valence-electron chi connectivity index (χ1n) is 7.69. The van der Waals surface area contributed by atoms with E-state index >= 15 is 0 Å². The molecule has 0 fully saturated rings. The van der Waals surface area contributed by atoms with Gasteiger partial charge in [-0.2, -0.15) is 0 Å². The summed E-state index contributed by atoms with van der Waals surface area (Å²) in [5.74, 6) is 1.36.